The number of thiophene rings is 1. The van der Waals surface area contributed by atoms with Gasteiger partial charge in [-0.25, -0.2) is 4.79 Å². The highest BCUT2D eigenvalue weighted by molar-refractivity contribution is 7.08. The third-order valence-electron chi connectivity index (χ3n) is 5.19. The van der Waals surface area contributed by atoms with Gasteiger partial charge in [0.25, 0.3) is 0 Å². The molecule has 1 N–H and O–H groups in total. The Bertz CT molecular complexity index is 916. The molecule has 8 heteroatoms. The molecule has 1 fully saturated rings. The lowest BCUT2D eigenvalue weighted by molar-refractivity contribution is 0.177. The average molecular weight is 413 g/mol. The summed E-state index contributed by atoms with van der Waals surface area (Å²) < 4.78 is 11.0. The maximum atomic E-state index is 12.4. The number of methoxy groups -OCH3 is 1. The quantitative estimate of drug-likeness (QED) is 0.663. The summed E-state index contributed by atoms with van der Waals surface area (Å²) in [5.41, 5.74) is 2.13. The minimum absolute atomic E-state index is 0.0125. The molecule has 3 aromatic rings. The second-order valence-electron chi connectivity index (χ2n) is 7.05. The molecule has 0 spiro atoms. The van der Waals surface area contributed by atoms with E-state index in [9.17, 15) is 4.79 Å². The number of likely N-dealkylation sites (tertiary alicyclic amines) is 1. The van der Waals surface area contributed by atoms with Crippen molar-refractivity contribution in [2.24, 2.45) is 0 Å². The Morgan fingerprint density at radius 2 is 2.03 bits per heavy atom. The lowest BCUT2D eigenvalue weighted by Gasteiger charge is -2.30. The summed E-state index contributed by atoms with van der Waals surface area (Å²) in [7, 11) is 1.65. The number of benzene rings is 1. The van der Waals surface area contributed by atoms with E-state index in [1.54, 1.807) is 18.4 Å². The van der Waals surface area contributed by atoms with Crippen LogP contribution >= 0.6 is 11.3 Å². The van der Waals surface area contributed by atoms with Gasteiger partial charge in [-0.3, -0.25) is 0 Å². The molecular formula is C21H24N4O3S. The standard InChI is InChI=1S/C21H24N4O3S/c1-27-18-4-2-15(3-5-18)6-10-22-21(26)25-11-7-16(8-12-25)19-23-24-20(28-19)17-9-13-29-14-17/h2-5,9,13-14,16H,6-8,10-12H2,1H3,(H,22,26). The van der Waals surface area contributed by atoms with E-state index in [0.29, 0.717) is 31.4 Å². The van der Waals surface area contributed by atoms with Crippen LogP contribution in [0.1, 0.15) is 30.2 Å². The van der Waals surface area contributed by atoms with Crippen LogP contribution in [0.25, 0.3) is 11.5 Å². The molecule has 2 amide bonds. The number of nitrogens with one attached hydrogen (secondary N) is 1. The van der Waals surface area contributed by atoms with Crippen molar-refractivity contribution < 1.29 is 13.9 Å². The fourth-order valence-corrected chi connectivity index (χ4v) is 4.08. The van der Waals surface area contributed by atoms with Gasteiger partial charge in [0.1, 0.15) is 5.75 Å². The topological polar surface area (TPSA) is 80.5 Å². The zero-order valence-corrected chi connectivity index (χ0v) is 17.2. The van der Waals surface area contributed by atoms with Crippen molar-refractivity contribution in [2.75, 3.05) is 26.7 Å². The fourth-order valence-electron chi connectivity index (χ4n) is 3.45. The van der Waals surface area contributed by atoms with E-state index in [1.165, 1.54) is 5.56 Å². The summed E-state index contributed by atoms with van der Waals surface area (Å²) in [6.07, 6.45) is 2.45. The van der Waals surface area contributed by atoms with E-state index in [1.807, 2.05) is 46.0 Å². The Hall–Kier alpha value is -2.87. The third-order valence-corrected chi connectivity index (χ3v) is 5.87. The van der Waals surface area contributed by atoms with Crippen LogP contribution in [0.3, 0.4) is 0 Å². The van der Waals surface area contributed by atoms with Crippen LogP contribution in [0, 0.1) is 0 Å². The van der Waals surface area contributed by atoms with Crippen LogP contribution in [0.4, 0.5) is 4.79 Å². The summed E-state index contributed by atoms with van der Waals surface area (Å²) in [5.74, 6) is 2.29. The molecular weight excluding hydrogens is 388 g/mol. The van der Waals surface area contributed by atoms with Crippen molar-refractivity contribution in [3.63, 3.8) is 0 Å². The lowest BCUT2D eigenvalue weighted by Crippen LogP contribution is -2.44. The summed E-state index contributed by atoms with van der Waals surface area (Å²) in [5, 5.41) is 15.4. The Morgan fingerprint density at radius 3 is 2.72 bits per heavy atom. The van der Waals surface area contributed by atoms with E-state index in [-0.39, 0.29) is 11.9 Å². The van der Waals surface area contributed by atoms with Crippen LogP contribution in [0.15, 0.2) is 45.5 Å². The number of carbonyl (C=O) groups excluding carboxylic acids is 1. The van der Waals surface area contributed by atoms with Gasteiger partial charge in [0.15, 0.2) is 0 Å². The predicted molar refractivity (Wildman–Crippen MR) is 111 cm³/mol. The number of urea groups is 1. The van der Waals surface area contributed by atoms with E-state index in [2.05, 4.69) is 15.5 Å². The SMILES string of the molecule is COc1ccc(CCNC(=O)N2CCC(c3nnc(-c4ccsc4)o3)CC2)cc1. The van der Waals surface area contributed by atoms with E-state index >= 15 is 0 Å². The molecule has 29 heavy (non-hydrogen) atoms. The molecule has 1 aliphatic heterocycles. The number of aromatic nitrogens is 2. The number of rotatable bonds is 6. The van der Waals surface area contributed by atoms with Gasteiger partial charge in [0, 0.05) is 36.5 Å². The van der Waals surface area contributed by atoms with Gasteiger partial charge < -0.3 is 19.4 Å². The molecule has 0 radical (unpaired) electrons. The molecule has 4 rings (SSSR count). The van der Waals surface area contributed by atoms with Crippen molar-refractivity contribution in [3.05, 3.63) is 52.5 Å². The first kappa shape index (κ1) is 19.4. The van der Waals surface area contributed by atoms with Gasteiger partial charge in [0.2, 0.25) is 11.8 Å². The summed E-state index contributed by atoms with van der Waals surface area (Å²) in [6.45, 7) is 1.99. The zero-order valence-electron chi connectivity index (χ0n) is 16.3. The van der Waals surface area contributed by atoms with Crippen molar-refractivity contribution in [1.82, 2.24) is 20.4 Å². The molecule has 1 saturated heterocycles. The number of hydrogen-bond acceptors (Lipinski definition) is 6. The molecule has 3 heterocycles. The molecule has 1 aromatic carbocycles. The first-order valence-electron chi connectivity index (χ1n) is 9.74. The third kappa shape index (κ3) is 4.76. The maximum Gasteiger partial charge on any atom is 0.317 e. The minimum Gasteiger partial charge on any atom is -0.497 e. The molecule has 0 saturated carbocycles. The smallest absolute Gasteiger partial charge is 0.317 e. The summed E-state index contributed by atoms with van der Waals surface area (Å²) in [6, 6.07) is 9.87. The monoisotopic (exact) mass is 412 g/mol. The largest absolute Gasteiger partial charge is 0.497 e. The molecule has 0 unspecified atom stereocenters. The number of ether oxygens (including phenoxy) is 1. The Labute approximate surface area is 173 Å². The molecule has 152 valence electrons. The second kappa shape index (κ2) is 9.09. The summed E-state index contributed by atoms with van der Waals surface area (Å²) >= 11 is 1.60. The Balaban J connectivity index is 1.22. The Kier molecular flexibility index (Phi) is 6.09. The first-order chi connectivity index (χ1) is 14.2. The van der Waals surface area contributed by atoms with Crippen LogP contribution in [0.5, 0.6) is 5.75 Å². The molecule has 0 aliphatic carbocycles. The first-order valence-corrected chi connectivity index (χ1v) is 10.7. The number of carbonyl (C=O) groups is 1. The minimum atomic E-state index is -0.0125. The van der Waals surface area contributed by atoms with Gasteiger partial charge in [-0.2, -0.15) is 11.3 Å². The molecule has 0 atom stereocenters. The normalized spacial score (nSPS) is 14.7. The number of piperidine rings is 1. The van der Waals surface area contributed by atoms with Crippen molar-refractivity contribution in [1.29, 1.82) is 0 Å². The van der Waals surface area contributed by atoms with Gasteiger partial charge in [0.05, 0.1) is 7.11 Å². The van der Waals surface area contributed by atoms with Crippen LogP contribution in [0.2, 0.25) is 0 Å². The highest BCUT2D eigenvalue weighted by Crippen LogP contribution is 2.29. The fraction of sp³-hybridized carbons (Fsp3) is 0.381. The van der Waals surface area contributed by atoms with E-state index in [0.717, 1.165) is 30.6 Å². The van der Waals surface area contributed by atoms with Gasteiger partial charge in [-0.1, -0.05) is 12.1 Å². The summed E-state index contributed by atoms with van der Waals surface area (Å²) in [4.78, 5) is 14.3. The second-order valence-corrected chi connectivity index (χ2v) is 7.83. The Morgan fingerprint density at radius 1 is 1.24 bits per heavy atom. The highest BCUT2D eigenvalue weighted by Gasteiger charge is 2.27. The number of nitrogens with zero attached hydrogens (tertiary/aromatic N) is 3. The van der Waals surface area contributed by atoms with Crippen LogP contribution < -0.4 is 10.1 Å². The van der Waals surface area contributed by atoms with Crippen LogP contribution in [-0.4, -0.2) is 47.9 Å². The number of hydrogen-bond donors (Lipinski definition) is 1. The maximum absolute atomic E-state index is 12.4. The van der Waals surface area contributed by atoms with Crippen molar-refractivity contribution in [2.45, 2.75) is 25.2 Å². The molecule has 0 bridgehead atoms. The highest BCUT2D eigenvalue weighted by atomic mass is 32.1. The van der Waals surface area contributed by atoms with Gasteiger partial charge >= 0.3 is 6.03 Å². The number of amides is 2. The lowest BCUT2D eigenvalue weighted by atomic mass is 9.97. The molecule has 7 nitrogen and oxygen atoms in total. The van der Waals surface area contributed by atoms with Gasteiger partial charge in [-0.05, 0) is 48.4 Å². The van der Waals surface area contributed by atoms with Crippen molar-refractivity contribution in [3.8, 4) is 17.2 Å². The average Bonchev–Trinajstić information content (AvgIpc) is 3.46. The molecule has 2 aromatic heterocycles. The van der Waals surface area contributed by atoms with E-state index < -0.39 is 0 Å². The van der Waals surface area contributed by atoms with Crippen LogP contribution in [-0.2, 0) is 6.42 Å². The van der Waals surface area contributed by atoms with Crippen molar-refractivity contribution >= 4 is 17.4 Å². The zero-order chi connectivity index (χ0) is 20.1. The molecule has 1 aliphatic rings. The predicted octanol–water partition coefficient (Wildman–Crippen LogP) is 3.94. The van der Waals surface area contributed by atoms with E-state index in [4.69, 9.17) is 9.15 Å². The van der Waals surface area contributed by atoms with Gasteiger partial charge in [-0.15, -0.1) is 10.2 Å².